The summed E-state index contributed by atoms with van der Waals surface area (Å²) in [7, 11) is 0. The molecule has 0 aliphatic rings. The summed E-state index contributed by atoms with van der Waals surface area (Å²) in [5.41, 5.74) is 0. The van der Waals surface area contributed by atoms with E-state index in [4.69, 9.17) is 10.0 Å². The SMILES string of the molecule is O=[Te](O)O.[Co]. The van der Waals surface area contributed by atoms with Gasteiger partial charge in [-0.1, -0.05) is 0 Å². The van der Waals surface area contributed by atoms with Crippen molar-refractivity contribution in [1.82, 2.24) is 0 Å². The minimum Gasteiger partial charge on any atom is 0 e. The average Bonchev–Trinajstić information content (AvgIpc) is 0.811. The Bertz CT molecular complexity index is 29.9. The van der Waals surface area contributed by atoms with Crippen LogP contribution in [0.15, 0.2) is 0 Å². The topological polar surface area (TPSA) is 57.5 Å². The second-order valence-corrected chi connectivity index (χ2v) is 1.55. The van der Waals surface area contributed by atoms with E-state index in [1.54, 1.807) is 0 Å². The van der Waals surface area contributed by atoms with Crippen LogP contribution in [0.4, 0.5) is 0 Å². The van der Waals surface area contributed by atoms with Crippen molar-refractivity contribution < 1.29 is 26.8 Å². The quantitative estimate of drug-likeness (QED) is 0.497. The van der Waals surface area contributed by atoms with Crippen LogP contribution in [0.25, 0.3) is 0 Å². The summed E-state index contributed by atoms with van der Waals surface area (Å²) in [6, 6.07) is 0. The summed E-state index contributed by atoms with van der Waals surface area (Å²) in [4.78, 5) is 0. The van der Waals surface area contributed by atoms with Gasteiger partial charge in [-0.3, -0.25) is 0 Å². The summed E-state index contributed by atoms with van der Waals surface area (Å²) in [5, 5.41) is 0. The van der Waals surface area contributed by atoms with Crippen molar-refractivity contribution in [3.63, 3.8) is 0 Å². The molecule has 5 heavy (non-hydrogen) atoms. The normalized spacial score (nSPS) is 7.00. The van der Waals surface area contributed by atoms with Crippen LogP contribution in [0.5, 0.6) is 0 Å². The van der Waals surface area contributed by atoms with Gasteiger partial charge in [-0.25, -0.2) is 0 Å². The predicted octanol–water partition coefficient (Wildman–Crippen LogP) is -1.62. The predicted molar refractivity (Wildman–Crippen MR) is 10.9 cm³/mol. The Morgan fingerprint density at radius 3 is 1.40 bits per heavy atom. The first kappa shape index (κ1) is 9.39. The van der Waals surface area contributed by atoms with Crippen molar-refractivity contribution in [1.29, 1.82) is 0 Å². The smallest absolute Gasteiger partial charge is 0 e. The van der Waals surface area contributed by atoms with Crippen molar-refractivity contribution in [2.45, 2.75) is 0 Å². The van der Waals surface area contributed by atoms with Gasteiger partial charge in [-0.15, -0.1) is 0 Å². The van der Waals surface area contributed by atoms with Gasteiger partial charge in [0.2, 0.25) is 0 Å². The molecule has 0 saturated carbocycles. The first-order valence-corrected chi connectivity index (χ1v) is 3.57. The molecule has 0 aliphatic heterocycles. The van der Waals surface area contributed by atoms with Crippen molar-refractivity contribution >= 4 is 20.4 Å². The molecule has 1 radical (unpaired) electrons. The zero-order valence-electron chi connectivity index (χ0n) is 2.04. The maximum Gasteiger partial charge on any atom is 0 e. The maximum atomic E-state index is 8.81. The van der Waals surface area contributed by atoms with Gasteiger partial charge in [0.1, 0.15) is 0 Å². The number of hydrogen-bond acceptors (Lipinski definition) is 1. The fraction of sp³-hybridized carbons (Fsp3) is 0. The van der Waals surface area contributed by atoms with E-state index >= 15 is 0 Å². The first-order valence-electron chi connectivity index (χ1n) is 0.532. The summed E-state index contributed by atoms with van der Waals surface area (Å²) in [6.45, 7) is 0. The van der Waals surface area contributed by atoms with Gasteiger partial charge < -0.3 is 0 Å². The molecule has 0 spiro atoms. The van der Waals surface area contributed by atoms with Crippen LogP contribution in [0.1, 0.15) is 0 Å². The molecule has 0 aliphatic carbocycles. The third-order valence-corrected chi connectivity index (χ3v) is 0. The van der Waals surface area contributed by atoms with E-state index in [0.29, 0.717) is 0 Å². The molecule has 3 nitrogen and oxygen atoms in total. The summed E-state index contributed by atoms with van der Waals surface area (Å²) in [5.74, 6) is 0. The van der Waals surface area contributed by atoms with Crippen molar-refractivity contribution in [3.8, 4) is 0 Å². The van der Waals surface area contributed by atoms with Gasteiger partial charge in [-0.05, 0) is 0 Å². The van der Waals surface area contributed by atoms with Gasteiger partial charge in [0.15, 0.2) is 0 Å². The Morgan fingerprint density at radius 2 is 1.40 bits per heavy atom. The zero-order valence-corrected chi connectivity index (χ0v) is 5.42. The molecule has 5 heteroatoms. The summed E-state index contributed by atoms with van der Waals surface area (Å²) < 4.78 is 23.3. The molecule has 0 unspecified atom stereocenters. The average molecular weight is 237 g/mol. The van der Waals surface area contributed by atoms with Crippen LogP contribution < -0.4 is 0 Å². The second-order valence-electron chi connectivity index (χ2n) is 0.231. The van der Waals surface area contributed by atoms with E-state index in [1.807, 2.05) is 0 Å². The molecule has 0 saturated heterocycles. The Hall–Kier alpha value is 1.02. The Kier molecular flexibility index (Phi) is 9.42. The minimum absolute atomic E-state index is 0. The van der Waals surface area contributed by atoms with Crippen molar-refractivity contribution in [2.75, 3.05) is 0 Å². The van der Waals surface area contributed by atoms with Gasteiger partial charge in [0.25, 0.3) is 0 Å². The molecular weight excluding hydrogens is 235 g/mol. The molecule has 0 rings (SSSR count). The van der Waals surface area contributed by atoms with E-state index in [9.17, 15) is 0 Å². The van der Waals surface area contributed by atoms with Crippen LogP contribution in [0.3, 0.4) is 0 Å². The zero-order chi connectivity index (χ0) is 3.58. The molecular formula is H2CoO3Te. The number of hydrogen-bond donors (Lipinski definition) is 2. The molecule has 0 aromatic carbocycles. The van der Waals surface area contributed by atoms with E-state index in [-0.39, 0.29) is 16.8 Å². The van der Waals surface area contributed by atoms with Crippen LogP contribution in [-0.2, 0) is 19.9 Å². The first-order chi connectivity index (χ1) is 1.73. The van der Waals surface area contributed by atoms with Gasteiger partial charge in [0.05, 0.1) is 0 Å². The van der Waals surface area contributed by atoms with Crippen molar-refractivity contribution in [2.24, 2.45) is 0 Å². The minimum atomic E-state index is -3.61. The maximum absolute atomic E-state index is 8.81. The Morgan fingerprint density at radius 1 is 1.40 bits per heavy atom. The van der Waals surface area contributed by atoms with Crippen molar-refractivity contribution in [3.05, 3.63) is 0 Å². The van der Waals surface area contributed by atoms with Crippen LogP contribution in [0.2, 0.25) is 0 Å². The fourth-order valence-electron chi connectivity index (χ4n) is 0. The molecule has 0 bridgehead atoms. The largest absolute Gasteiger partial charge is 0 e. The number of rotatable bonds is 0. The molecule has 0 atom stereocenters. The van der Waals surface area contributed by atoms with E-state index in [0.717, 1.165) is 0 Å². The molecule has 0 fully saturated rings. The van der Waals surface area contributed by atoms with Gasteiger partial charge >= 0.3 is 30.4 Å². The molecule has 2 N–H and O–H groups in total. The Balaban J connectivity index is 0. The third kappa shape index (κ3) is 44.2. The molecule has 35 valence electrons. The van der Waals surface area contributed by atoms with Crippen LogP contribution >= 0.6 is 0 Å². The van der Waals surface area contributed by atoms with E-state index in [2.05, 4.69) is 0 Å². The second kappa shape index (κ2) is 5.02. The third-order valence-electron chi connectivity index (χ3n) is 0. The molecule has 0 aromatic rings. The fourth-order valence-corrected chi connectivity index (χ4v) is 0. The molecule has 0 heterocycles. The van der Waals surface area contributed by atoms with Crippen LogP contribution in [0, 0.1) is 0 Å². The monoisotopic (exact) mass is 239 g/mol. The van der Waals surface area contributed by atoms with E-state index < -0.39 is 20.4 Å². The Labute approximate surface area is 47.3 Å². The van der Waals surface area contributed by atoms with Gasteiger partial charge in [-0.2, -0.15) is 0 Å². The molecule has 0 aromatic heterocycles. The molecule has 0 amide bonds. The van der Waals surface area contributed by atoms with Gasteiger partial charge in [0, 0.05) is 16.8 Å². The summed E-state index contributed by atoms with van der Waals surface area (Å²) >= 11 is -3.61. The van der Waals surface area contributed by atoms with Crippen LogP contribution in [-0.4, -0.2) is 27.3 Å². The summed E-state index contributed by atoms with van der Waals surface area (Å²) in [6.07, 6.45) is 0. The standard InChI is InChI=1S/Co.H2O3Te/c;1-4(2)3/h;(H2,1,2,3). The van der Waals surface area contributed by atoms with E-state index in [1.165, 1.54) is 0 Å².